The maximum atomic E-state index is 12.8. The fourth-order valence-corrected chi connectivity index (χ4v) is 3.18. The first-order chi connectivity index (χ1) is 13.0. The molecule has 1 fully saturated rings. The molecule has 2 amide bonds. The SMILES string of the molecule is C[C@@H](Oc1ccc(Cl)cc1)C(=O)Nc1ccccc1C(=O)N1CCCCC1. The van der Waals surface area contributed by atoms with Crippen LogP contribution in [0.25, 0.3) is 0 Å². The number of carbonyl (C=O) groups excluding carboxylic acids is 2. The monoisotopic (exact) mass is 386 g/mol. The second kappa shape index (κ2) is 8.91. The third kappa shape index (κ3) is 5.01. The van der Waals surface area contributed by atoms with Gasteiger partial charge in [-0.2, -0.15) is 0 Å². The van der Waals surface area contributed by atoms with Crippen molar-refractivity contribution in [3.63, 3.8) is 0 Å². The zero-order valence-corrected chi connectivity index (χ0v) is 16.0. The van der Waals surface area contributed by atoms with Gasteiger partial charge in [0, 0.05) is 18.1 Å². The number of hydrogen-bond donors (Lipinski definition) is 1. The summed E-state index contributed by atoms with van der Waals surface area (Å²) in [5.41, 5.74) is 1.01. The first-order valence-corrected chi connectivity index (χ1v) is 9.54. The van der Waals surface area contributed by atoms with Gasteiger partial charge in [0.05, 0.1) is 11.3 Å². The lowest BCUT2D eigenvalue weighted by Gasteiger charge is -2.27. The summed E-state index contributed by atoms with van der Waals surface area (Å²) in [5, 5.41) is 3.43. The molecule has 1 heterocycles. The molecule has 0 bridgehead atoms. The number of piperidine rings is 1. The maximum Gasteiger partial charge on any atom is 0.265 e. The second-order valence-corrected chi connectivity index (χ2v) is 7.04. The van der Waals surface area contributed by atoms with Crippen LogP contribution in [0.2, 0.25) is 5.02 Å². The van der Waals surface area contributed by atoms with E-state index in [9.17, 15) is 9.59 Å². The van der Waals surface area contributed by atoms with E-state index in [1.807, 2.05) is 4.90 Å². The van der Waals surface area contributed by atoms with Gasteiger partial charge in [-0.1, -0.05) is 23.7 Å². The van der Waals surface area contributed by atoms with Crippen LogP contribution < -0.4 is 10.1 Å². The molecule has 27 heavy (non-hydrogen) atoms. The molecule has 0 saturated carbocycles. The van der Waals surface area contributed by atoms with Crippen molar-refractivity contribution in [2.45, 2.75) is 32.3 Å². The number of halogens is 1. The smallest absolute Gasteiger partial charge is 0.265 e. The molecular formula is C21H23ClN2O3. The molecule has 2 aromatic rings. The van der Waals surface area contributed by atoms with Crippen molar-refractivity contribution >= 4 is 29.1 Å². The Hall–Kier alpha value is -2.53. The highest BCUT2D eigenvalue weighted by molar-refractivity contribution is 6.30. The van der Waals surface area contributed by atoms with Crippen LogP contribution in [-0.4, -0.2) is 35.9 Å². The van der Waals surface area contributed by atoms with Gasteiger partial charge in [0.15, 0.2) is 6.10 Å². The van der Waals surface area contributed by atoms with E-state index in [0.717, 1.165) is 32.4 Å². The fraction of sp³-hybridized carbons (Fsp3) is 0.333. The summed E-state index contributed by atoms with van der Waals surface area (Å²) in [6.07, 6.45) is 2.48. The van der Waals surface area contributed by atoms with Crippen molar-refractivity contribution in [1.29, 1.82) is 0 Å². The van der Waals surface area contributed by atoms with Crippen LogP contribution in [-0.2, 0) is 4.79 Å². The number of amides is 2. The topological polar surface area (TPSA) is 58.6 Å². The molecular weight excluding hydrogens is 364 g/mol. The summed E-state index contributed by atoms with van der Waals surface area (Å²) in [6, 6.07) is 13.9. The third-order valence-electron chi connectivity index (χ3n) is 4.55. The Morgan fingerprint density at radius 1 is 1.04 bits per heavy atom. The largest absolute Gasteiger partial charge is 0.481 e. The molecule has 1 atom stereocenters. The molecule has 0 unspecified atom stereocenters. The van der Waals surface area contributed by atoms with Crippen molar-refractivity contribution in [3.8, 4) is 5.75 Å². The number of rotatable bonds is 5. The standard InChI is InChI=1S/C21H23ClN2O3/c1-15(27-17-11-9-16(22)10-12-17)20(25)23-19-8-4-3-7-18(19)21(26)24-13-5-2-6-14-24/h3-4,7-12,15H,2,5-6,13-14H2,1H3,(H,23,25)/t15-/m1/s1. The first-order valence-electron chi connectivity index (χ1n) is 9.16. The molecule has 142 valence electrons. The Morgan fingerprint density at radius 3 is 2.41 bits per heavy atom. The minimum Gasteiger partial charge on any atom is -0.481 e. The van der Waals surface area contributed by atoms with Crippen LogP contribution in [0.5, 0.6) is 5.75 Å². The van der Waals surface area contributed by atoms with Gasteiger partial charge >= 0.3 is 0 Å². The van der Waals surface area contributed by atoms with E-state index in [2.05, 4.69) is 5.32 Å². The number of carbonyl (C=O) groups is 2. The predicted octanol–water partition coefficient (Wildman–Crippen LogP) is 4.37. The Kier molecular flexibility index (Phi) is 6.35. The van der Waals surface area contributed by atoms with Crippen molar-refractivity contribution in [2.24, 2.45) is 0 Å². The summed E-state index contributed by atoms with van der Waals surface area (Å²) in [4.78, 5) is 27.2. The summed E-state index contributed by atoms with van der Waals surface area (Å²) in [5.74, 6) is 0.195. The molecule has 6 heteroatoms. The number of nitrogens with one attached hydrogen (secondary N) is 1. The molecule has 3 rings (SSSR count). The highest BCUT2D eigenvalue weighted by Gasteiger charge is 2.22. The van der Waals surface area contributed by atoms with Crippen LogP contribution >= 0.6 is 11.6 Å². The van der Waals surface area contributed by atoms with E-state index in [0.29, 0.717) is 22.0 Å². The van der Waals surface area contributed by atoms with E-state index >= 15 is 0 Å². The van der Waals surface area contributed by atoms with Gasteiger partial charge in [-0.15, -0.1) is 0 Å². The number of ether oxygens (including phenoxy) is 1. The van der Waals surface area contributed by atoms with Gasteiger partial charge in [0.1, 0.15) is 5.75 Å². The molecule has 0 aliphatic carbocycles. The van der Waals surface area contributed by atoms with Gasteiger partial charge in [0.2, 0.25) is 0 Å². The van der Waals surface area contributed by atoms with Crippen LogP contribution in [0, 0.1) is 0 Å². The lowest BCUT2D eigenvalue weighted by Crippen LogP contribution is -2.36. The highest BCUT2D eigenvalue weighted by Crippen LogP contribution is 2.21. The summed E-state index contributed by atoms with van der Waals surface area (Å²) >= 11 is 5.86. The van der Waals surface area contributed by atoms with Crippen molar-refractivity contribution < 1.29 is 14.3 Å². The first kappa shape index (κ1) is 19.2. The molecule has 1 saturated heterocycles. The number of para-hydroxylation sites is 1. The quantitative estimate of drug-likeness (QED) is 0.829. The Bertz CT molecular complexity index is 801. The zero-order valence-electron chi connectivity index (χ0n) is 15.3. The van der Waals surface area contributed by atoms with Crippen molar-refractivity contribution in [2.75, 3.05) is 18.4 Å². The van der Waals surface area contributed by atoms with E-state index in [1.165, 1.54) is 0 Å². The highest BCUT2D eigenvalue weighted by atomic mass is 35.5. The van der Waals surface area contributed by atoms with E-state index in [-0.39, 0.29) is 11.8 Å². The molecule has 5 nitrogen and oxygen atoms in total. The van der Waals surface area contributed by atoms with E-state index in [1.54, 1.807) is 55.5 Å². The normalized spacial score (nSPS) is 15.1. The molecule has 0 spiro atoms. The lowest BCUT2D eigenvalue weighted by molar-refractivity contribution is -0.122. The van der Waals surface area contributed by atoms with Crippen LogP contribution in [0.1, 0.15) is 36.5 Å². The number of likely N-dealkylation sites (tertiary alicyclic amines) is 1. The van der Waals surface area contributed by atoms with Crippen molar-refractivity contribution in [3.05, 3.63) is 59.1 Å². The van der Waals surface area contributed by atoms with Gasteiger partial charge in [-0.25, -0.2) is 0 Å². The van der Waals surface area contributed by atoms with Crippen LogP contribution in [0.3, 0.4) is 0 Å². The van der Waals surface area contributed by atoms with E-state index in [4.69, 9.17) is 16.3 Å². The summed E-state index contributed by atoms with van der Waals surface area (Å²) in [7, 11) is 0. The number of nitrogens with zero attached hydrogens (tertiary/aromatic N) is 1. The molecule has 0 radical (unpaired) electrons. The molecule has 2 aromatic carbocycles. The van der Waals surface area contributed by atoms with Gasteiger partial charge < -0.3 is 15.0 Å². The number of benzene rings is 2. The summed E-state index contributed by atoms with van der Waals surface area (Å²) < 4.78 is 5.65. The average Bonchev–Trinajstić information content (AvgIpc) is 2.70. The fourth-order valence-electron chi connectivity index (χ4n) is 3.05. The van der Waals surface area contributed by atoms with Crippen molar-refractivity contribution in [1.82, 2.24) is 4.90 Å². The third-order valence-corrected chi connectivity index (χ3v) is 4.81. The lowest BCUT2D eigenvalue weighted by atomic mass is 10.1. The predicted molar refractivity (Wildman–Crippen MR) is 106 cm³/mol. The molecule has 0 aromatic heterocycles. The molecule has 1 aliphatic rings. The average molecular weight is 387 g/mol. The van der Waals surface area contributed by atoms with Gasteiger partial charge in [-0.05, 0) is 62.6 Å². The minimum atomic E-state index is -0.718. The van der Waals surface area contributed by atoms with Gasteiger partial charge in [0.25, 0.3) is 11.8 Å². The van der Waals surface area contributed by atoms with Gasteiger partial charge in [-0.3, -0.25) is 9.59 Å². The molecule has 1 aliphatic heterocycles. The zero-order chi connectivity index (χ0) is 19.2. The van der Waals surface area contributed by atoms with Crippen LogP contribution in [0.4, 0.5) is 5.69 Å². The minimum absolute atomic E-state index is 0.0446. The van der Waals surface area contributed by atoms with Crippen LogP contribution in [0.15, 0.2) is 48.5 Å². The molecule has 1 N–H and O–H groups in total. The summed E-state index contributed by atoms with van der Waals surface area (Å²) in [6.45, 7) is 3.19. The Morgan fingerprint density at radius 2 is 1.70 bits per heavy atom. The maximum absolute atomic E-state index is 12.8. The Labute approximate surface area is 164 Å². The number of anilines is 1. The second-order valence-electron chi connectivity index (χ2n) is 6.60. The Balaban J connectivity index is 1.68. The van der Waals surface area contributed by atoms with E-state index < -0.39 is 6.10 Å². The number of hydrogen-bond acceptors (Lipinski definition) is 3.